The van der Waals surface area contributed by atoms with Crippen molar-refractivity contribution >= 4 is 5.97 Å². The first kappa shape index (κ1) is 12.2. The van der Waals surface area contributed by atoms with Gasteiger partial charge in [-0.25, -0.2) is 0 Å². The Hall–Kier alpha value is -0.870. The van der Waals surface area contributed by atoms with Crippen LogP contribution in [0.2, 0.25) is 0 Å². The van der Waals surface area contributed by atoms with E-state index < -0.39 is 0 Å². The van der Waals surface area contributed by atoms with Crippen molar-refractivity contribution < 1.29 is 19.0 Å². The molecule has 0 N–H and O–H groups in total. The fourth-order valence-electron chi connectivity index (χ4n) is 2.80. The number of hydrogen-bond acceptors (Lipinski definition) is 4. The second-order valence-electron chi connectivity index (χ2n) is 5.36. The van der Waals surface area contributed by atoms with E-state index in [-0.39, 0.29) is 24.3 Å². The second-order valence-corrected chi connectivity index (χ2v) is 5.36. The van der Waals surface area contributed by atoms with Gasteiger partial charge in [-0.2, -0.15) is 0 Å². The zero-order valence-corrected chi connectivity index (χ0v) is 10.7. The number of carbonyl (C=O) groups is 1. The third-order valence-electron chi connectivity index (χ3n) is 3.86. The number of allylic oxidation sites excluding steroid dienone is 2. The molecule has 0 amide bonds. The zero-order valence-electron chi connectivity index (χ0n) is 10.7. The summed E-state index contributed by atoms with van der Waals surface area (Å²) < 4.78 is 16.6. The van der Waals surface area contributed by atoms with E-state index in [0.29, 0.717) is 12.2 Å². The third kappa shape index (κ3) is 2.93. The van der Waals surface area contributed by atoms with Crippen molar-refractivity contribution in [2.75, 3.05) is 0 Å². The Morgan fingerprint density at radius 2 is 1.89 bits per heavy atom. The van der Waals surface area contributed by atoms with E-state index in [2.05, 4.69) is 12.2 Å². The number of fused-ring (bicyclic) bond motifs is 2. The molecular formula is C14H20O4. The first-order chi connectivity index (χ1) is 8.74. The van der Waals surface area contributed by atoms with Crippen LogP contribution in [0.4, 0.5) is 0 Å². The molecule has 0 aromatic rings. The van der Waals surface area contributed by atoms with Gasteiger partial charge in [0, 0.05) is 13.3 Å². The number of esters is 1. The van der Waals surface area contributed by atoms with E-state index >= 15 is 0 Å². The van der Waals surface area contributed by atoms with Gasteiger partial charge in [0.1, 0.15) is 12.2 Å². The van der Waals surface area contributed by atoms with Gasteiger partial charge in [0.05, 0.1) is 18.3 Å². The molecule has 5 atom stereocenters. The number of rotatable bonds is 1. The standard InChI is InChI=1S/C14H20O4/c1-9(15)16-11-7-5-3-2-4-6-10-12(17-10)8-13-14(11)18-13/h2-3,10-14H,4-8H2,1H3/b3-2-/t10-,11+,12-,13+,14-/m1/s1. The molecule has 0 aromatic heterocycles. The molecule has 2 aliphatic heterocycles. The molecule has 2 saturated heterocycles. The minimum atomic E-state index is -0.217. The zero-order chi connectivity index (χ0) is 12.5. The summed E-state index contributed by atoms with van der Waals surface area (Å²) in [6.07, 6.45) is 10.3. The first-order valence-electron chi connectivity index (χ1n) is 6.87. The van der Waals surface area contributed by atoms with Gasteiger partial charge >= 0.3 is 5.97 Å². The van der Waals surface area contributed by atoms with Crippen molar-refractivity contribution in [3.8, 4) is 0 Å². The molecule has 0 saturated carbocycles. The maximum absolute atomic E-state index is 11.1. The number of carbonyl (C=O) groups excluding carboxylic acids is 1. The molecule has 0 spiro atoms. The summed E-state index contributed by atoms with van der Waals surface area (Å²) in [6, 6.07) is 0. The van der Waals surface area contributed by atoms with Gasteiger partial charge in [-0.15, -0.1) is 0 Å². The quantitative estimate of drug-likeness (QED) is 0.407. The number of hydrogen-bond donors (Lipinski definition) is 0. The number of ether oxygens (including phenoxy) is 3. The van der Waals surface area contributed by atoms with Crippen LogP contribution < -0.4 is 0 Å². The molecule has 4 heteroatoms. The van der Waals surface area contributed by atoms with E-state index in [4.69, 9.17) is 14.2 Å². The molecule has 0 aromatic carbocycles. The van der Waals surface area contributed by atoms with Crippen LogP contribution in [0.5, 0.6) is 0 Å². The van der Waals surface area contributed by atoms with Crippen LogP contribution in [-0.2, 0) is 19.0 Å². The Morgan fingerprint density at radius 3 is 2.67 bits per heavy atom. The number of epoxide rings is 2. The average Bonchev–Trinajstić information content (AvgIpc) is 3.19. The second kappa shape index (κ2) is 5.02. The molecule has 0 unspecified atom stereocenters. The van der Waals surface area contributed by atoms with Crippen LogP contribution in [0, 0.1) is 0 Å². The fourth-order valence-corrected chi connectivity index (χ4v) is 2.80. The summed E-state index contributed by atoms with van der Waals surface area (Å²) in [7, 11) is 0. The lowest BCUT2D eigenvalue weighted by Crippen LogP contribution is -2.24. The summed E-state index contributed by atoms with van der Waals surface area (Å²) in [4.78, 5) is 11.1. The predicted octanol–water partition coefficient (Wildman–Crippen LogP) is 1.97. The highest BCUT2D eigenvalue weighted by molar-refractivity contribution is 5.66. The molecule has 4 nitrogen and oxygen atoms in total. The Bertz CT molecular complexity index is 352. The molecule has 3 aliphatic rings. The van der Waals surface area contributed by atoms with E-state index in [1.165, 1.54) is 6.92 Å². The van der Waals surface area contributed by atoms with Crippen LogP contribution >= 0.6 is 0 Å². The largest absolute Gasteiger partial charge is 0.460 e. The van der Waals surface area contributed by atoms with Crippen molar-refractivity contribution in [1.82, 2.24) is 0 Å². The Kier molecular flexibility index (Phi) is 3.39. The van der Waals surface area contributed by atoms with E-state index in [9.17, 15) is 4.79 Å². The average molecular weight is 252 g/mol. The molecule has 18 heavy (non-hydrogen) atoms. The highest BCUT2D eigenvalue weighted by Gasteiger charge is 2.51. The highest BCUT2D eigenvalue weighted by Crippen LogP contribution is 2.40. The summed E-state index contributed by atoms with van der Waals surface area (Å²) in [5.41, 5.74) is 0. The van der Waals surface area contributed by atoms with Gasteiger partial charge < -0.3 is 14.2 Å². The first-order valence-corrected chi connectivity index (χ1v) is 6.87. The molecular weight excluding hydrogens is 232 g/mol. The molecule has 3 rings (SSSR count). The van der Waals surface area contributed by atoms with E-state index in [1.54, 1.807) is 0 Å². The molecule has 2 fully saturated rings. The van der Waals surface area contributed by atoms with Crippen molar-refractivity contribution in [3.05, 3.63) is 12.2 Å². The van der Waals surface area contributed by atoms with Gasteiger partial charge in [0.2, 0.25) is 0 Å². The van der Waals surface area contributed by atoms with E-state index in [1.807, 2.05) is 0 Å². The van der Waals surface area contributed by atoms with Crippen LogP contribution in [0.3, 0.4) is 0 Å². The van der Waals surface area contributed by atoms with Crippen molar-refractivity contribution in [2.45, 2.75) is 69.5 Å². The topological polar surface area (TPSA) is 51.4 Å². The lowest BCUT2D eigenvalue weighted by Gasteiger charge is -2.14. The minimum Gasteiger partial charge on any atom is -0.460 e. The van der Waals surface area contributed by atoms with Gasteiger partial charge in [0.15, 0.2) is 0 Å². The SMILES string of the molecule is CC(=O)O[C@H]1CC/C=C\CC[C@H]2O[C@@H]2C[C@@H]2O[C@H]12. The normalized spacial score (nSPS) is 44.6. The Balaban J connectivity index is 1.60. The van der Waals surface area contributed by atoms with Crippen molar-refractivity contribution in [1.29, 1.82) is 0 Å². The van der Waals surface area contributed by atoms with Crippen LogP contribution in [0.25, 0.3) is 0 Å². The monoisotopic (exact) mass is 252 g/mol. The molecule has 1 aliphatic carbocycles. The fraction of sp³-hybridized carbons (Fsp3) is 0.786. The van der Waals surface area contributed by atoms with Crippen molar-refractivity contribution in [2.24, 2.45) is 0 Å². The van der Waals surface area contributed by atoms with Gasteiger partial charge in [-0.3, -0.25) is 4.79 Å². The highest BCUT2D eigenvalue weighted by atomic mass is 16.6. The molecule has 0 radical (unpaired) electrons. The maximum Gasteiger partial charge on any atom is 0.302 e. The van der Waals surface area contributed by atoms with Gasteiger partial charge in [-0.05, 0) is 25.7 Å². The Morgan fingerprint density at radius 1 is 1.11 bits per heavy atom. The van der Waals surface area contributed by atoms with E-state index in [0.717, 1.165) is 32.1 Å². The lowest BCUT2D eigenvalue weighted by molar-refractivity contribution is -0.147. The van der Waals surface area contributed by atoms with Crippen LogP contribution in [-0.4, -0.2) is 36.5 Å². The third-order valence-corrected chi connectivity index (χ3v) is 3.86. The van der Waals surface area contributed by atoms with Gasteiger partial charge in [-0.1, -0.05) is 12.2 Å². The van der Waals surface area contributed by atoms with Crippen LogP contribution in [0.1, 0.15) is 39.0 Å². The summed E-state index contributed by atoms with van der Waals surface area (Å²) in [5.74, 6) is -0.217. The van der Waals surface area contributed by atoms with Gasteiger partial charge in [0.25, 0.3) is 0 Å². The maximum atomic E-state index is 11.1. The summed E-state index contributed by atoms with van der Waals surface area (Å²) in [6.45, 7) is 1.46. The summed E-state index contributed by atoms with van der Waals surface area (Å²) in [5, 5.41) is 0. The molecule has 2 heterocycles. The summed E-state index contributed by atoms with van der Waals surface area (Å²) >= 11 is 0. The molecule has 0 bridgehead atoms. The smallest absolute Gasteiger partial charge is 0.302 e. The van der Waals surface area contributed by atoms with Crippen molar-refractivity contribution in [3.63, 3.8) is 0 Å². The minimum absolute atomic E-state index is 0.0891. The molecule has 100 valence electrons. The Labute approximate surface area is 107 Å². The lowest BCUT2D eigenvalue weighted by atomic mass is 10.0. The predicted molar refractivity (Wildman–Crippen MR) is 65.1 cm³/mol. The van der Waals surface area contributed by atoms with Crippen LogP contribution in [0.15, 0.2) is 12.2 Å².